The number of para-hydroxylation sites is 1. The molecule has 154 valence electrons. The highest BCUT2D eigenvalue weighted by Gasteiger charge is 2.23. The second-order valence-electron chi connectivity index (χ2n) is 7.62. The molecular weight excluding hydrogens is 356 g/mol. The Kier molecular flexibility index (Phi) is 8.44. The molecule has 4 amide bonds. The minimum Gasteiger partial charge on any atom is -0.335 e. The zero-order chi connectivity index (χ0) is 20.5. The third-order valence-electron chi connectivity index (χ3n) is 5.18. The van der Waals surface area contributed by atoms with E-state index in [-0.39, 0.29) is 25.0 Å². The Morgan fingerprint density at radius 2 is 1.75 bits per heavy atom. The third kappa shape index (κ3) is 6.96. The van der Waals surface area contributed by atoms with Crippen molar-refractivity contribution < 1.29 is 14.4 Å². The number of urea groups is 1. The van der Waals surface area contributed by atoms with Gasteiger partial charge in [-0.2, -0.15) is 0 Å². The smallest absolute Gasteiger partial charge is 0.321 e. The zero-order valence-corrected chi connectivity index (χ0v) is 17.1. The molecule has 1 aliphatic rings. The van der Waals surface area contributed by atoms with Crippen molar-refractivity contribution in [1.29, 1.82) is 0 Å². The Balaban J connectivity index is 1.74. The number of hydrogen-bond donors (Lipinski definition) is 3. The van der Waals surface area contributed by atoms with Crippen molar-refractivity contribution in [3.63, 3.8) is 0 Å². The van der Waals surface area contributed by atoms with Crippen LogP contribution in [0.5, 0.6) is 0 Å². The molecule has 0 aromatic heterocycles. The Labute approximate surface area is 167 Å². The summed E-state index contributed by atoms with van der Waals surface area (Å²) in [7, 11) is 1.67. The van der Waals surface area contributed by atoms with Crippen LogP contribution in [-0.2, 0) is 16.0 Å². The van der Waals surface area contributed by atoms with Crippen molar-refractivity contribution in [1.82, 2.24) is 15.5 Å². The van der Waals surface area contributed by atoms with Crippen LogP contribution < -0.4 is 16.0 Å². The van der Waals surface area contributed by atoms with E-state index < -0.39 is 11.9 Å². The van der Waals surface area contributed by atoms with Gasteiger partial charge in [0.15, 0.2) is 0 Å². The largest absolute Gasteiger partial charge is 0.335 e. The molecule has 7 nitrogen and oxygen atoms in total. The van der Waals surface area contributed by atoms with E-state index in [1.807, 2.05) is 31.2 Å². The number of carbonyl (C=O) groups is 3. The molecule has 1 aliphatic carbocycles. The number of likely N-dealkylation sites (N-methyl/N-ethyl adjacent to an activating group) is 1. The second-order valence-corrected chi connectivity index (χ2v) is 7.62. The maximum Gasteiger partial charge on any atom is 0.321 e. The molecule has 0 saturated heterocycles. The monoisotopic (exact) mass is 388 g/mol. The number of rotatable bonds is 7. The average molecular weight is 389 g/mol. The van der Waals surface area contributed by atoms with Gasteiger partial charge in [0.2, 0.25) is 11.8 Å². The lowest BCUT2D eigenvalue weighted by Gasteiger charge is -2.29. The van der Waals surface area contributed by atoms with Crippen LogP contribution in [0.4, 0.5) is 10.5 Å². The van der Waals surface area contributed by atoms with Crippen molar-refractivity contribution in [2.45, 2.75) is 52.0 Å². The van der Waals surface area contributed by atoms with Gasteiger partial charge >= 0.3 is 6.03 Å². The van der Waals surface area contributed by atoms with Crippen LogP contribution in [0, 0.1) is 5.92 Å². The molecule has 2 rings (SSSR count). The van der Waals surface area contributed by atoms with Crippen LogP contribution >= 0.6 is 0 Å². The van der Waals surface area contributed by atoms with Crippen LogP contribution in [0.25, 0.3) is 0 Å². The number of nitrogens with zero attached hydrogens (tertiary/aromatic N) is 1. The lowest BCUT2D eigenvalue weighted by atomic mass is 9.86. The first-order valence-electron chi connectivity index (χ1n) is 10.1. The lowest BCUT2D eigenvalue weighted by Crippen LogP contribution is -2.50. The summed E-state index contributed by atoms with van der Waals surface area (Å²) in [4.78, 5) is 37.9. The molecule has 0 radical (unpaired) electrons. The highest BCUT2D eigenvalue weighted by Crippen LogP contribution is 2.23. The number of amides is 4. The minimum absolute atomic E-state index is 0.0313. The predicted octanol–water partition coefficient (Wildman–Crippen LogP) is 2.52. The van der Waals surface area contributed by atoms with Crippen molar-refractivity contribution in [2.75, 3.05) is 25.5 Å². The molecule has 2 atom stereocenters. The van der Waals surface area contributed by atoms with Crippen LogP contribution in [0.1, 0.15) is 45.1 Å². The number of benzene rings is 1. The molecule has 1 aromatic carbocycles. The van der Waals surface area contributed by atoms with Crippen LogP contribution in [0.15, 0.2) is 24.3 Å². The molecule has 3 N–H and O–H groups in total. The minimum atomic E-state index is -0.460. The highest BCUT2D eigenvalue weighted by molar-refractivity contribution is 5.96. The quantitative estimate of drug-likeness (QED) is 0.669. The van der Waals surface area contributed by atoms with Crippen LogP contribution in [-0.4, -0.2) is 48.9 Å². The predicted molar refractivity (Wildman–Crippen MR) is 110 cm³/mol. The van der Waals surface area contributed by atoms with Gasteiger partial charge in [-0.05, 0) is 43.9 Å². The van der Waals surface area contributed by atoms with E-state index in [0.29, 0.717) is 5.92 Å². The maximum atomic E-state index is 12.2. The number of imide groups is 1. The van der Waals surface area contributed by atoms with Crippen molar-refractivity contribution in [3.8, 4) is 0 Å². The summed E-state index contributed by atoms with van der Waals surface area (Å²) < 4.78 is 0. The number of nitrogens with one attached hydrogen (secondary N) is 3. The molecule has 0 aliphatic heterocycles. The van der Waals surface area contributed by atoms with Gasteiger partial charge in [-0.25, -0.2) is 4.79 Å². The second kappa shape index (κ2) is 10.8. The summed E-state index contributed by atoms with van der Waals surface area (Å²) in [5, 5.41) is 8.12. The molecule has 1 saturated carbocycles. The summed E-state index contributed by atoms with van der Waals surface area (Å²) in [5.41, 5.74) is 1.85. The standard InChI is InChI=1S/C21H32N4O3/c1-4-16-10-6-8-12-18(16)22-19(26)13-25(3)14-20(27)24-21(28)23-17-11-7-5-9-15(17)2/h6,8,10,12,15,17H,4-5,7,9,11,13-14H2,1-3H3,(H,22,26)(H2,23,24,27,28). The number of carbonyl (C=O) groups excluding carboxylic acids is 3. The molecule has 0 bridgehead atoms. The van der Waals surface area contributed by atoms with Crippen LogP contribution in [0.3, 0.4) is 0 Å². The van der Waals surface area contributed by atoms with E-state index in [0.717, 1.165) is 36.9 Å². The van der Waals surface area contributed by atoms with Gasteiger partial charge in [-0.1, -0.05) is 44.9 Å². The van der Waals surface area contributed by atoms with E-state index in [4.69, 9.17) is 0 Å². The molecule has 2 unspecified atom stereocenters. The SMILES string of the molecule is CCc1ccccc1NC(=O)CN(C)CC(=O)NC(=O)NC1CCCCC1C. The number of hydrogen-bond acceptors (Lipinski definition) is 4. The van der Waals surface area contributed by atoms with E-state index in [9.17, 15) is 14.4 Å². The van der Waals surface area contributed by atoms with Gasteiger partial charge in [0.1, 0.15) is 0 Å². The van der Waals surface area contributed by atoms with Crippen molar-refractivity contribution >= 4 is 23.5 Å². The summed E-state index contributed by atoms with van der Waals surface area (Å²) in [5.74, 6) is -0.200. The summed E-state index contributed by atoms with van der Waals surface area (Å²) >= 11 is 0. The maximum absolute atomic E-state index is 12.2. The molecule has 1 aromatic rings. The van der Waals surface area contributed by atoms with Crippen LogP contribution in [0.2, 0.25) is 0 Å². The fourth-order valence-electron chi connectivity index (χ4n) is 3.59. The van der Waals surface area contributed by atoms with Crippen molar-refractivity contribution in [2.24, 2.45) is 5.92 Å². The Morgan fingerprint density at radius 3 is 2.46 bits per heavy atom. The molecule has 1 fully saturated rings. The molecule has 7 heteroatoms. The van der Waals surface area contributed by atoms with E-state index in [1.165, 1.54) is 6.42 Å². The average Bonchev–Trinajstić information content (AvgIpc) is 2.63. The van der Waals surface area contributed by atoms with E-state index >= 15 is 0 Å². The van der Waals surface area contributed by atoms with E-state index in [1.54, 1.807) is 11.9 Å². The summed E-state index contributed by atoms with van der Waals surface area (Å²) in [6, 6.07) is 7.29. The zero-order valence-electron chi connectivity index (χ0n) is 17.1. The summed E-state index contributed by atoms with van der Waals surface area (Å²) in [6.07, 6.45) is 5.15. The van der Waals surface area contributed by atoms with Gasteiger partial charge in [-0.3, -0.25) is 19.8 Å². The molecule has 28 heavy (non-hydrogen) atoms. The fourth-order valence-corrected chi connectivity index (χ4v) is 3.59. The Hall–Kier alpha value is -2.41. The summed E-state index contributed by atoms with van der Waals surface area (Å²) in [6.45, 7) is 4.18. The van der Waals surface area contributed by atoms with Gasteiger partial charge < -0.3 is 10.6 Å². The normalized spacial score (nSPS) is 19.1. The molecule has 0 heterocycles. The molecule has 0 spiro atoms. The lowest BCUT2D eigenvalue weighted by molar-refractivity contribution is -0.122. The first-order valence-corrected chi connectivity index (χ1v) is 10.1. The van der Waals surface area contributed by atoms with Gasteiger partial charge in [0, 0.05) is 11.7 Å². The van der Waals surface area contributed by atoms with Gasteiger partial charge in [0.05, 0.1) is 13.1 Å². The molecular formula is C21H32N4O3. The Bertz CT molecular complexity index is 692. The highest BCUT2D eigenvalue weighted by atomic mass is 16.2. The first kappa shape index (κ1) is 21.9. The topological polar surface area (TPSA) is 90.5 Å². The fraction of sp³-hybridized carbons (Fsp3) is 0.571. The number of aryl methyl sites for hydroxylation is 1. The number of anilines is 1. The Morgan fingerprint density at radius 1 is 1.07 bits per heavy atom. The third-order valence-corrected chi connectivity index (χ3v) is 5.18. The van der Waals surface area contributed by atoms with Gasteiger partial charge in [0.25, 0.3) is 0 Å². The first-order chi connectivity index (χ1) is 13.4. The van der Waals surface area contributed by atoms with E-state index in [2.05, 4.69) is 22.9 Å². The van der Waals surface area contributed by atoms with Gasteiger partial charge in [-0.15, -0.1) is 0 Å². The van der Waals surface area contributed by atoms with Crippen molar-refractivity contribution in [3.05, 3.63) is 29.8 Å².